The third-order valence-electron chi connectivity index (χ3n) is 3.89. The minimum Gasteiger partial charge on any atom is -0.490 e. The third-order valence-corrected chi connectivity index (χ3v) is 3.89. The molecule has 2 atom stereocenters. The molecule has 0 amide bonds. The zero-order valence-electron chi connectivity index (χ0n) is 12.5. The van der Waals surface area contributed by atoms with E-state index in [1.165, 1.54) is 0 Å². The molecule has 1 aliphatic rings. The van der Waals surface area contributed by atoms with E-state index in [1.54, 1.807) is 25.1 Å². The van der Waals surface area contributed by atoms with Crippen LogP contribution in [0.4, 0.5) is 0 Å². The topological polar surface area (TPSA) is 76.0 Å². The van der Waals surface area contributed by atoms with Crippen LogP contribution in [0.15, 0.2) is 18.2 Å². The molecule has 2 rings (SSSR count). The monoisotopic (exact) mass is 294 g/mol. The van der Waals surface area contributed by atoms with Gasteiger partial charge in [0.25, 0.3) is 0 Å². The first-order valence-electron chi connectivity index (χ1n) is 7.32. The van der Waals surface area contributed by atoms with Gasteiger partial charge in [-0.25, -0.2) is 0 Å². The summed E-state index contributed by atoms with van der Waals surface area (Å²) in [4.78, 5) is 11.4. The van der Waals surface area contributed by atoms with Crippen LogP contribution in [0.5, 0.6) is 11.5 Å². The van der Waals surface area contributed by atoms with Crippen molar-refractivity contribution in [2.75, 3.05) is 13.2 Å². The second-order valence-electron chi connectivity index (χ2n) is 5.54. The molecule has 1 heterocycles. The van der Waals surface area contributed by atoms with Crippen molar-refractivity contribution < 1.29 is 24.5 Å². The summed E-state index contributed by atoms with van der Waals surface area (Å²) in [6.07, 6.45) is 1.91. The lowest BCUT2D eigenvalue weighted by Gasteiger charge is -2.31. The van der Waals surface area contributed by atoms with E-state index in [-0.39, 0.29) is 0 Å². The Kier molecular flexibility index (Phi) is 4.73. The molecule has 5 heteroatoms. The van der Waals surface area contributed by atoms with Gasteiger partial charge in [-0.15, -0.1) is 0 Å². The van der Waals surface area contributed by atoms with Crippen LogP contribution in [0.25, 0.3) is 0 Å². The molecule has 0 radical (unpaired) electrons. The minimum atomic E-state index is -1.45. The second-order valence-corrected chi connectivity index (χ2v) is 5.54. The van der Waals surface area contributed by atoms with Gasteiger partial charge in [0.05, 0.1) is 19.1 Å². The van der Waals surface area contributed by atoms with Crippen LogP contribution in [-0.2, 0) is 10.4 Å². The van der Waals surface area contributed by atoms with E-state index < -0.39 is 17.5 Å². The van der Waals surface area contributed by atoms with Crippen molar-refractivity contribution in [2.45, 2.75) is 38.7 Å². The molecule has 0 aliphatic carbocycles. The first-order chi connectivity index (χ1) is 9.96. The molecule has 2 N–H and O–H groups in total. The van der Waals surface area contributed by atoms with Crippen LogP contribution in [0.1, 0.15) is 38.7 Å². The van der Waals surface area contributed by atoms with Gasteiger partial charge in [0.15, 0.2) is 11.5 Å². The smallest absolute Gasteiger partial charge is 0.309 e. The molecule has 0 saturated heterocycles. The minimum absolute atomic E-state index is 0.413. The highest BCUT2D eigenvalue weighted by atomic mass is 16.5. The summed E-state index contributed by atoms with van der Waals surface area (Å²) in [5.41, 5.74) is -0.917. The molecule has 21 heavy (non-hydrogen) atoms. The Balaban J connectivity index is 2.35. The Morgan fingerprint density at radius 2 is 2.00 bits per heavy atom. The number of ether oxygens (including phenoxy) is 2. The lowest BCUT2D eigenvalue weighted by Crippen LogP contribution is -2.37. The number of carboxylic acids is 1. The Morgan fingerprint density at radius 3 is 2.62 bits per heavy atom. The van der Waals surface area contributed by atoms with E-state index in [9.17, 15) is 15.0 Å². The van der Waals surface area contributed by atoms with Gasteiger partial charge < -0.3 is 19.7 Å². The quantitative estimate of drug-likeness (QED) is 0.873. The highest BCUT2D eigenvalue weighted by molar-refractivity contribution is 5.72. The maximum absolute atomic E-state index is 11.4. The number of benzene rings is 1. The highest BCUT2D eigenvalue weighted by Crippen LogP contribution is 2.38. The molecule has 1 aromatic rings. The molecule has 1 aromatic carbocycles. The number of hydrogen-bond acceptors (Lipinski definition) is 4. The first kappa shape index (κ1) is 15.6. The number of aliphatic carboxylic acids is 1. The molecule has 116 valence electrons. The molecular formula is C16H22O5. The van der Waals surface area contributed by atoms with Crippen LogP contribution in [0, 0.1) is 5.92 Å². The van der Waals surface area contributed by atoms with Gasteiger partial charge in [-0.05, 0) is 31.0 Å². The molecule has 1 aliphatic heterocycles. The summed E-state index contributed by atoms with van der Waals surface area (Å²) in [6.45, 7) is 4.59. The standard InChI is InChI=1S/C16H22O5/c1-3-5-12(15(17)18)16(2,19)11-6-7-13-14(10-11)21-9-4-8-20-13/h6-7,10,12,19H,3-5,8-9H2,1-2H3,(H,17,18). The predicted molar refractivity (Wildman–Crippen MR) is 77.7 cm³/mol. The normalized spacial score (nSPS) is 18.4. The van der Waals surface area contributed by atoms with Crippen molar-refractivity contribution in [1.82, 2.24) is 0 Å². The van der Waals surface area contributed by atoms with Crippen molar-refractivity contribution in [3.8, 4) is 11.5 Å². The molecule has 0 saturated carbocycles. The summed E-state index contributed by atoms with van der Waals surface area (Å²) >= 11 is 0. The van der Waals surface area contributed by atoms with Gasteiger partial charge in [-0.3, -0.25) is 4.79 Å². The van der Waals surface area contributed by atoms with Crippen LogP contribution in [0.2, 0.25) is 0 Å². The molecule has 5 nitrogen and oxygen atoms in total. The number of carbonyl (C=O) groups is 1. The van der Waals surface area contributed by atoms with E-state index in [0.717, 1.165) is 6.42 Å². The fourth-order valence-electron chi connectivity index (χ4n) is 2.61. The summed E-state index contributed by atoms with van der Waals surface area (Å²) in [5.74, 6) is -0.651. The number of hydrogen-bond donors (Lipinski definition) is 2. The van der Waals surface area contributed by atoms with Gasteiger partial charge in [0, 0.05) is 6.42 Å². The fraction of sp³-hybridized carbons (Fsp3) is 0.562. The van der Waals surface area contributed by atoms with Crippen LogP contribution in [0.3, 0.4) is 0 Å². The molecule has 2 unspecified atom stereocenters. The lowest BCUT2D eigenvalue weighted by molar-refractivity contribution is -0.152. The summed E-state index contributed by atoms with van der Waals surface area (Å²) in [7, 11) is 0. The summed E-state index contributed by atoms with van der Waals surface area (Å²) in [6, 6.07) is 5.13. The van der Waals surface area contributed by atoms with E-state index >= 15 is 0 Å². The van der Waals surface area contributed by atoms with Gasteiger partial charge >= 0.3 is 5.97 Å². The van der Waals surface area contributed by atoms with Gasteiger partial charge in [0.2, 0.25) is 0 Å². The maximum atomic E-state index is 11.4. The zero-order valence-corrected chi connectivity index (χ0v) is 12.5. The Bertz CT molecular complexity index is 509. The first-order valence-corrected chi connectivity index (χ1v) is 7.32. The average Bonchev–Trinajstić information content (AvgIpc) is 2.68. The average molecular weight is 294 g/mol. The Hall–Kier alpha value is -1.75. The van der Waals surface area contributed by atoms with E-state index in [2.05, 4.69) is 0 Å². The highest BCUT2D eigenvalue weighted by Gasteiger charge is 2.38. The van der Waals surface area contributed by atoms with Crippen LogP contribution in [-0.4, -0.2) is 29.4 Å². The maximum Gasteiger partial charge on any atom is 0.309 e. The summed E-state index contributed by atoms with van der Waals surface area (Å²) in [5, 5.41) is 20.1. The Labute approximate surface area is 124 Å². The van der Waals surface area contributed by atoms with Gasteiger partial charge in [-0.2, -0.15) is 0 Å². The number of aliphatic hydroxyl groups is 1. The molecule has 0 aromatic heterocycles. The van der Waals surface area contributed by atoms with E-state index in [4.69, 9.17) is 9.47 Å². The summed E-state index contributed by atoms with van der Waals surface area (Å²) < 4.78 is 11.1. The SMILES string of the molecule is CCCC(C(=O)O)C(C)(O)c1ccc2c(c1)OCCCO2. The van der Waals surface area contributed by atoms with Crippen molar-refractivity contribution in [3.63, 3.8) is 0 Å². The molecular weight excluding hydrogens is 272 g/mol. The molecule has 0 spiro atoms. The van der Waals surface area contributed by atoms with E-state index in [0.29, 0.717) is 43.1 Å². The largest absolute Gasteiger partial charge is 0.490 e. The van der Waals surface area contributed by atoms with Gasteiger partial charge in [0.1, 0.15) is 5.60 Å². The van der Waals surface area contributed by atoms with Crippen molar-refractivity contribution in [2.24, 2.45) is 5.92 Å². The number of carboxylic acid groups (broad SMARTS) is 1. The lowest BCUT2D eigenvalue weighted by atomic mass is 9.80. The second kappa shape index (κ2) is 6.35. The van der Waals surface area contributed by atoms with Crippen LogP contribution < -0.4 is 9.47 Å². The van der Waals surface area contributed by atoms with Crippen molar-refractivity contribution in [3.05, 3.63) is 23.8 Å². The van der Waals surface area contributed by atoms with Crippen LogP contribution >= 0.6 is 0 Å². The molecule has 0 bridgehead atoms. The number of fused-ring (bicyclic) bond motifs is 1. The van der Waals surface area contributed by atoms with E-state index in [1.807, 2.05) is 6.92 Å². The predicted octanol–water partition coefficient (Wildman–Crippen LogP) is 2.56. The molecule has 0 fully saturated rings. The van der Waals surface area contributed by atoms with Crippen molar-refractivity contribution in [1.29, 1.82) is 0 Å². The Morgan fingerprint density at radius 1 is 1.33 bits per heavy atom. The number of rotatable bonds is 5. The third kappa shape index (κ3) is 3.29. The fourth-order valence-corrected chi connectivity index (χ4v) is 2.61. The zero-order chi connectivity index (χ0) is 15.5. The van der Waals surface area contributed by atoms with Gasteiger partial charge in [-0.1, -0.05) is 19.4 Å². The van der Waals surface area contributed by atoms with Crippen molar-refractivity contribution >= 4 is 5.97 Å².